The van der Waals surface area contributed by atoms with Crippen molar-refractivity contribution < 1.29 is 4.39 Å². The summed E-state index contributed by atoms with van der Waals surface area (Å²) < 4.78 is 15.0. The van der Waals surface area contributed by atoms with Crippen molar-refractivity contribution in [1.29, 1.82) is 5.26 Å². The van der Waals surface area contributed by atoms with Gasteiger partial charge in [0.15, 0.2) is 0 Å². The van der Waals surface area contributed by atoms with Crippen molar-refractivity contribution >= 4 is 0 Å². The molecule has 3 aromatic rings. The van der Waals surface area contributed by atoms with E-state index in [0.29, 0.717) is 5.56 Å². The van der Waals surface area contributed by atoms with Crippen LogP contribution >= 0.6 is 0 Å². The summed E-state index contributed by atoms with van der Waals surface area (Å²) in [6, 6.07) is 23.0. The van der Waals surface area contributed by atoms with Crippen LogP contribution in [0.25, 0.3) is 22.3 Å². The molecule has 0 N–H and O–H groups in total. The Morgan fingerprint density at radius 2 is 1.67 bits per heavy atom. The molecule has 0 amide bonds. The van der Waals surface area contributed by atoms with Crippen LogP contribution in [0.2, 0.25) is 0 Å². The number of benzene rings is 3. The zero-order valence-corrected chi connectivity index (χ0v) is 13.6. The highest BCUT2D eigenvalue weighted by molar-refractivity contribution is 5.85. The lowest BCUT2D eigenvalue weighted by Crippen LogP contribution is -1.95. The first-order chi connectivity index (χ1) is 11.7. The van der Waals surface area contributed by atoms with E-state index in [1.165, 1.54) is 5.56 Å². The molecule has 2 heteroatoms. The minimum atomic E-state index is -0.451. The molecular formula is C22H18FN. The summed E-state index contributed by atoms with van der Waals surface area (Å²) in [6.07, 6.45) is 1.99. The van der Waals surface area contributed by atoms with Gasteiger partial charge in [0.1, 0.15) is 11.9 Å². The quantitative estimate of drug-likeness (QED) is 0.580. The van der Waals surface area contributed by atoms with Crippen molar-refractivity contribution in [2.75, 3.05) is 0 Å². The van der Waals surface area contributed by atoms with E-state index < -0.39 is 5.82 Å². The van der Waals surface area contributed by atoms with E-state index in [1.807, 2.05) is 60.7 Å². The van der Waals surface area contributed by atoms with Crippen LogP contribution in [0.4, 0.5) is 4.39 Å². The van der Waals surface area contributed by atoms with Crippen LogP contribution in [-0.2, 0) is 6.42 Å². The van der Waals surface area contributed by atoms with E-state index in [0.717, 1.165) is 29.5 Å². The smallest absolute Gasteiger partial charge is 0.149 e. The average Bonchev–Trinajstić information content (AvgIpc) is 2.62. The molecule has 0 bridgehead atoms. The molecule has 1 nitrogen and oxygen atoms in total. The Hall–Kier alpha value is -2.92. The zero-order chi connectivity index (χ0) is 16.9. The van der Waals surface area contributed by atoms with Crippen molar-refractivity contribution in [3.63, 3.8) is 0 Å². The van der Waals surface area contributed by atoms with Gasteiger partial charge in [-0.3, -0.25) is 0 Å². The minimum absolute atomic E-state index is 0.0746. The largest absolute Gasteiger partial charge is 0.205 e. The Morgan fingerprint density at radius 1 is 0.917 bits per heavy atom. The molecule has 0 unspecified atom stereocenters. The van der Waals surface area contributed by atoms with Gasteiger partial charge in [-0.05, 0) is 34.7 Å². The van der Waals surface area contributed by atoms with E-state index >= 15 is 0 Å². The van der Waals surface area contributed by atoms with E-state index in [4.69, 9.17) is 0 Å². The molecule has 0 fully saturated rings. The predicted molar refractivity (Wildman–Crippen MR) is 96.0 cm³/mol. The van der Waals surface area contributed by atoms with E-state index in [9.17, 15) is 9.65 Å². The summed E-state index contributed by atoms with van der Waals surface area (Å²) in [5.41, 5.74) is 4.31. The van der Waals surface area contributed by atoms with Gasteiger partial charge in [0.2, 0.25) is 0 Å². The first kappa shape index (κ1) is 16.0. The Morgan fingerprint density at radius 3 is 2.38 bits per heavy atom. The lowest BCUT2D eigenvalue weighted by molar-refractivity contribution is 0.628. The fourth-order valence-electron chi connectivity index (χ4n) is 2.97. The Labute approximate surface area is 142 Å². The van der Waals surface area contributed by atoms with Gasteiger partial charge in [-0.15, -0.1) is 0 Å². The summed E-state index contributed by atoms with van der Waals surface area (Å²) in [4.78, 5) is 0. The number of halogens is 1. The van der Waals surface area contributed by atoms with Gasteiger partial charge in [-0.2, -0.15) is 5.26 Å². The van der Waals surface area contributed by atoms with E-state index in [1.54, 1.807) is 6.07 Å². The van der Waals surface area contributed by atoms with Crippen LogP contribution in [0.1, 0.15) is 24.5 Å². The van der Waals surface area contributed by atoms with Crippen LogP contribution in [0.15, 0.2) is 66.7 Å². The molecule has 0 aliphatic heterocycles. The minimum Gasteiger partial charge on any atom is -0.205 e. The molecule has 24 heavy (non-hydrogen) atoms. The molecule has 3 aromatic carbocycles. The van der Waals surface area contributed by atoms with Gasteiger partial charge in [0.25, 0.3) is 0 Å². The average molecular weight is 315 g/mol. The lowest BCUT2D eigenvalue weighted by atomic mass is 9.91. The number of nitrogens with zero attached hydrogens (tertiary/aromatic N) is 1. The number of nitriles is 1. The second-order valence-electron chi connectivity index (χ2n) is 5.78. The highest BCUT2D eigenvalue weighted by Crippen LogP contribution is 2.36. The number of aryl methyl sites for hydroxylation is 1. The van der Waals surface area contributed by atoms with Crippen molar-refractivity contribution in [2.45, 2.75) is 19.8 Å². The highest BCUT2D eigenvalue weighted by Gasteiger charge is 2.16. The number of rotatable bonds is 4. The van der Waals surface area contributed by atoms with Crippen LogP contribution in [-0.4, -0.2) is 0 Å². The summed E-state index contributed by atoms with van der Waals surface area (Å²) >= 11 is 0. The molecule has 0 radical (unpaired) electrons. The van der Waals surface area contributed by atoms with Crippen LogP contribution < -0.4 is 0 Å². The molecule has 0 atom stereocenters. The first-order valence-corrected chi connectivity index (χ1v) is 8.12. The third-order valence-electron chi connectivity index (χ3n) is 4.10. The SMILES string of the molecule is CCCc1cccc(-c2c(-c3ccccc3)ccc(C#N)c2F)c1. The molecule has 0 saturated heterocycles. The summed E-state index contributed by atoms with van der Waals surface area (Å²) in [7, 11) is 0. The fourth-order valence-corrected chi connectivity index (χ4v) is 2.97. The highest BCUT2D eigenvalue weighted by atomic mass is 19.1. The maximum absolute atomic E-state index is 15.0. The molecule has 0 spiro atoms. The van der Waals surface area contributed by atoms with Gasteiger partial charge < -0.3 is 0 Å². The maximum Gasteiger partial charge on any atom is 0.149 e. The van der Waals surface area contributed by atoms with Crippen LogP contribution in [0.5, 0.6) is 0 Å². The molecule has 0 aliphatic carbocycles. The monoisotopic (exact) mass is 315 g/mol. The van der Waals surface area contributed by atoms with Gasteiger partial charge in [-0.1, -0.05) is 74.0 Å². The van der Waals surface area contributed by atoms with Gasteiger partial charge >= 0.3 is 0 Å². The standard InChI is InChI=1S/C22H18FN/c1-2-7-16-8-6-11-18(14-16)21-20(17-9-4-3-5-10-17)13-12-19(15-24)22(21)23/h3-6,8-14H,2,7H2,1H3. The molecule has 3 rings (SSSR count). The van der Waals surface area contributed by atoms with E-state index in [-0.39, 0.29) is 5.56 Å². The Kier molecular flexibility index (Phi) is 4.72. The van der Waals surface area contributed by atoms with Crippen molar-refractivity contribution in [2.24, 2.45) is 0 Å². The summed E-state index contributed by atoms with van der Waals surface area (Å²) in [5.74, 6) is -0.451. The first-order valence-electron chi connectivity index (χ1n) is 8.12. The molecule has 0 aromatic heterocycles. The second-order valence-corrected chi connectivity index (χ2v) is 5.78. The lowest BCUT2D eigenvalue weighted by Gasteiger charge is -2.13. The van der Waals surface area contributed by atoms with Gasteiger partial charge in [0, 0.05) is 5.56 Å². The number of hydrogen-bond donors (Lipinski definition) is 0. The van der Waals surface area contributed by atoms with Crippen molar-refractivity contribution in [3.8, 4) is 28.3 Å². The Balaban J connectivity index is 2.25. The van der Waals surface area contributed by atoms with Crippen LogP contribution in [0, 0.1) is 17.1 Å². The van der Waals surface area contributed by atoms with Crippen LogP contribution in [0.3, 0.4) is 0 Å². The summed E-state index contributed by atoms with van der Waals surface area (Å²) in [6.45, 7) is 2.12. The third kappa shape index (κ3) is 3.07. The van der Waals surface area contributed by atoms with Crippen molar-refractivity contribution in [3.05, 3.63) is 83.7 Å². The normalized spacial score (nSPS) is 10.4. The maximum atomic E-state index is 15.0. The van der Waals surface area contributed by atoms with Gasteiger partial charge in [-0.25, -0.2) is 4.39 Å². The fraction of sp³-hybridized carbons (Fsp3) is 0.136. The predicted octanol–water partition coefficient (Wildman–Crippen LogP) is 5.98. The third-order valence-corrected chi connectivity index (χ3v) is 4.10. The van der Waals surface area contributed by atoms with E-state index in [2.05, 4.69) is 13.0 Å². The molecule has 0 heterocycles. The number of hydrogen-bond acceptors (Lipinski definition) is 1. The van der Waals surface area contributed by atoms with Gasteiger partial charge in [0.05, 0.1) is 5.56 Å². The van der Waals surface area contributed by atoms with Crippen molar-refractivity contribution in [1.82, 2.24) is 0 Å². The zero-order valence-electron chi connectivity index (χ0n) is 13.6. The topological polar surface area (TPSA) is 23.8 Å². The molecular weight excluding hydrogens is 297 g/mol. The molecule has 118 valence electrons. The summed E-state index contributed by atoms with van der Waals surface area (Å²) in [5, 5.41) is 9.20. The second kappa shape index (κ2) is 7.10. The molecule has 0 aliphatic rings. The Bertz CT molecular complexity index is 892. The molecule has 0 saturated carbocycles.